The Hall–Kier alpha value is -2.61. The molecule has 1 aromatic carbocycles. The summed E-state index contributed by atoms with van der Waals surface area (Å²) in [5.74, 6) is -0.136. The lowest BCUT2D eigenvalue weighted by molar-refractivity contribution is -0.142. The smallest absolute Gasteiger partial charge is 0.246 e. The van der Waals surface area contributed by atoms with Gasteiger partial charge in [-0.1, -0.05) is 67.9 Å². The second-order valence-corrected chi connectivity index (χ2v) is 10.8. The van der Waals surface area contributed by atoms with Crippen molar-refractivity contribution in [1.82, 2.24) is 19.8 Å². The van der Waals surface area contributed by atoms with Gasteiger partial charge in [-0.15, -0.1) is 5.10 Å². The van der Waals surface area contributed by atoms with E-state index in [0.717, 1.165) is 54.7 Å². The van der Waals surface area contributed by atoms with Gasteiger partial charge in [-0.3, -0.25) is 14.4 Å². The molecule has 1 aliphatic carbocycles. The fraction of sp³-hybridized carbons (Fsp3) is 0.593. The zero-order chi connectivity index (χ0) is 24.8. The van der Waals surface area contributed by atoms with Crippen molar-refractivity contribution >= 4 is 29.1 Å². The van der Waals surface area contributed by atoms with Crippen LogP contribution < -0.4 is 5.32 Å². The third-order valence-corrected chi connectivity index (χ3v) is 8.31. The molecule has 0 unspecified atom stereocenters. The van der Waals surface area contributed by atoms with E-state index in [1.54, 1.807) is 4.90 Å². The largest absolute Gasteiger partial charge is 0.344 e. The number of hydrogen-bond acceptors (Lipinski definition) is 6. The van der Waals surface area contributed by atoms with Crippen molar-refractivity contribution in [2.75, 3.05) is 6.54 Å². The third kappa shape index (κ3) is 5.97. The first-order valence-corrected chi connectivity index (χ1v) is 13.8. The second kappa shape index (κ2) is 11.9. The van der Waals surface area contributed by atoms with Crippen LogP contribution in [0.4, 0.5) is 0 Å². The van der Waals surface area contributed by atoms with E-state index in [1.807, 2.05) is 44.2 Å². The third-order valence-electron chi connectivity index (χ3n) is 7.59. The summed E-state index contributed by atoms with van der Waals surface area (Å²) in [6.45, 7) is 4.44. The number of nitrogens with zero attached hydrogens (tertiary/aromatic N) is 3. The lowest BCUT2D eigenvalue weighted by Gasteiger charge is -2.35. The van der Waals surface area contributed by atoms with E-state index in [0.29, 0.717) is 13.0 Å². The maximum Gasteiger partial charge on any atom is 0.246 e. The summed E-state index contributed by atoms with van der Waals surface area (Å²) in [6, 6.07) is 8.75. The Morgan fingerprint density at radius 1 is 1.09 bits per heavy atom. The standard InChI is InChI=1S/C27H36N4O3S/c1-3-18(2)26(33)28-25(20-13-8-5-9-14-20)27(34)31-16-10-15-21(31)22(32)17-23-24(29-30-35-23)19-11-6-4-7-12-19/h4,6-7,11-12,18,20-21,25H,3,5,8-10,13-17H2,1-2H3,(H,28,33)/t18-,21-,25+/m0/s1. The summed E-state index contributed by atoms with van der Waals surface area (Å²) < 4.78 is 4.09. The molecule has 0 spiro atoms. The number of carbonyl (C=O) groups is 3. The van der Waals surface area contributed by atoms with Crippen LogP contribution in [-0.4, -0.2) is 50.7 Å². The lowest BCUT2D eigenvalue weighted by atomic mass is 9.83. The Morgan fingerprint density at radius 3 is 2.54 bits per heavy atom. The predicted molar refractivity (Wildman–Crippen MR) is 137 cm³/mol. The molecule has 188 valence electrons. The average Bonchev–Trinajstić information content (AvgIpc) is 3.57. The van der Waals surface area contributed by atoms with Crippen molar-refractivity contribution in [2.45, 2.75) is 83.7 Å². The number of Topliss-reactive ketones (excluding diaryl/α,β-unsaturated/α-hetero) is 1. The van der Waals surface area contributed by atoms with Crippen molar-refractivity contribution in [1.29, 1.82) is 0 Å². The fourth-order valence-corrected chi connectivity index (χ4v) is 5.96. The van der Waals surface area contributed by atoms with Gasteiger partial charge in [0.05, 0.1) is 10.9 Å². The summed E-state index contributed by atoms with van der Waals surface area (Å²) >= 11 is 1.24. The van der Waals surface area contributed by atoms with Crippen molar-refractivity contribution in [3.63, 3.8) is 0 Å². The van der Waals surface area contributed by atoms with E-state index in [-0.39, 0.29) is 35.9 Å². The van der Waals surface area contributed by atoms with Crippen LogP contribution in [0.15, 0.2) is 30.3 Å². The first kappa shape index (κ1) is 25.5. The van der Waals surface area contributed by atoms with Crippen LogP contribution in [0.25, 0.3) is 11.3 Å². The van der Waals surface area contributed by atoms with E-state index in [1.165, 1.54) is 18.0 Å². The topological polar surface area (TPSA) is 92.3 Å². The van der Waals surface area contributed by atoms with Crippen molar-refractivity contribution in [3.8, 4) is 11.3 Å². The zero-order valence-electron chi connectivity index (χ0n) is 20.7. The second-order valence-electron chi connectivity index (χ2n) is 9.94. The maximum atomic E-state index is 13.8. The normalized spacial score (nSPS) is 20.4. The van der Waals surface area contributed by atoms with Crippen molar-refractivity contribution in [3.05, 3.63) is 35.2 Å². The Kier molecular flexibility index (Phi) is 8.65. The molecule has 1 aromatic heterocycles. The molecule has 2 heterocycles. The predicted octanol–water partition coefficient (Wildman–Crippen LogP) is 4.42. The minimum atomic E-state index is -0.546. The molecule has 2 fully saturated rings. The highest BCUT2D eigenvalue weighted by molar-refractivity contribution is 7.06. The molecule has 3 atom stereocenters. The number of aromatic nitrogens is 2. The Morgan fingerprint density at radius 2 is 1.83 bits per heavy atom. The molecule has 4 rings (SSSR count). The molecule has 7 nitrogen and oxygen atoms in total. The van der Waals surface area contributed by atoms with E-state index in [9.17, 15) is 14.4 Å². The summed E-state index contributed by atoms with van der Waals surface area (Å²) in [5.41, 5.74) is 1.68. The molecule has 2 amide bonds. The molecule has 0 radical (unpaired) electrons. The number of ketones is 1. The highest BCUT2D eigenvalue weighted by atomic mass is 32.1. The van der Waals surface area contributed by atoms with Crippen LogP contribution in [0.2, 0.25) is 0 Å². The van der Waals surface area contributed by atoms with Gasteiger partial charge in [-0.05, 0) is 49.6 Å². The quantitative estimate of drug-likeness (QED) is 0.555. The highest BCUT2D eigenvalue weighted by Crippen LogP contribution is 2.31. The van der Waals surface area contributed by atoms with Crippen LogP contribution in [0.5, 0.6) is 0 Å². The van der Waals surface area contributed by atoms with Gasteiger partial charge in [-0.25, -0.2) is 0 Å². The fourth-order valence-electron chi connectivity index (χ4n) is 5.29. The minimum absolute atomic E-state index is 0.0229. The Balaban J connectivity index is 1.50. The van der Waals surface area contributed by atoms with Gasteiger partial charge in [0.1, 0.15) is 11.7 Å². The van der Waals surface area contributed by atoms with E-state index in [2.05, 4.69) is 14.9 Å². The van der Waals surface area contributed by atoms with Crippen LogP contribution in [0.3, 0.4) is 0 Å². The van der Waals surface area contributed by atoms with Crippen molar-refractivity contribution < 1.29 is 14.4 Å². The molecular weight excluding hydrogens is 460 g/mol. The molecule has 1 saturated carbocycles. The van der Waals surface area contributed by atoms with Crippen LogP contribution in [0.1, 0.15) is 70.1 Å². The number of rotatable bonds is 9. The van der Waals surface area contributed by atoms with Gasteiger partial charge in [-0.2, -0.15) is 0 Å². The monoisotopic (exact) mass is 496 g/mol. The summed E-state index contributed by atoms with van der Waals surface area (Å²) in [4.78, 5) is 42.6. The van der Waals surface area contributed by atoms with E-state index >= 15 is 0 Å². The highest BCUT2D eigenvalue weighted by Gasteiger charge is 2.41. The molecule has 35 heavy (non-hydrogen) atoms. The molecule has 2 aliphatic rings. The first-order valence-electron chi connectivity index (χ1n) is 13.0. The first-order chi connectivity index (χ1) is 17.0. The molecule has 2 aromatic rings. The average molecular weight is 497 g/mol. The Labute approximate surface area is 211 Å². The van der Waals surface area contributed by atoms with Crippen LogP contribution in [0, 0.1) is 11.8 Å². The summed E-state index contributed by atoms with van der Waals surface area (Å²) in [5, 5.41) is 7.35. The van der Waals surface area contributed by atoms with Gasteiger partial charge < -0.3 is 10.2 Å². The molecular formula is C27H36N4O3S. The molecule has 1 saturated heterocycles. The van der Waals surface area contributed by atoms with Gasteiger partial charge in [0.25, 0.3) is 0 Å². The van der Waals surface area contributed by atoms with Crippen LogP contribution in [-0.2, 0) is 20.8 Å². The number of amides is 2. The SMILES string of the molecule is CC[C@H](C)C(=O)N[C@@H](C(=O)N1CCC[C@H]1C(=O)Cc1snnc1-c1ccccc1)C1CCCCC1. The molecule has 8 heteroatoms. The number of carbonyl (C=O) groups excluding carboxylic acids is 3. The van der Waals surface area contributed by atoms with Crippen molar-refractivity contribution in [2.24, 2.45) is 11.8 Å². The van der Waals surface area contributed by atoms with Crippen LogP contribution >= 0.6 is 11.5 Å². The van der Waals surface area contributed by atoms with Gasteiger partial charge in [0.2, 0.25) is 11.8 Å². The maximum absolute atomic E-state index is 13.8. The van der Waals surface area contributed by atoms with E-state index < -0.39 is 12.1 Å². The summed E-state index contributed by atoms with van der Waals surface area (Å²) in [7, 11) is 0. The summed E-state index contributed by atoms with van der Waals surface area (Å²) in [6.07, 6.45) is 7.62. The number of hydrogen-bond donors (Lipinski definition) is 1. The van der Waals surface area contributed by atoms with E-state index in [4.69, 9.17) is 0 Å². The molecule has 0 bridgehead atoms. The zero-order valence-corrected chi connectivity index (χ0v) is 21.6. The van der Waals surface area contributed by atoms with Gasteiger partial charge in [0, 0.05) is 24.4 Å². The molecule has 1 N–H and O–H groups in total. The Bertz CT molecular complexity index is 1020. The number of benzene rings is 1. The number of nitrogens with one attached hydrogen (secondary N) is 1. The lowest BCUT2D eigenvalue weighted by Crippen LogP contribution is -2.55. The molecule has 1 aliphatic heterocycles. The minimum Gasteiger partial charge on any atom is -0.344 e. The van der Waals surface area contributed by atoms with Gasteiger partial charge >= 0.3 is 0 Å². The van der Waals surface area contributed by atoms with Gasteiger partial charge in [0.15, 0.2) is 5.78 Å². The number of likely N-dealkylation sites (tertiary alicyclic amines) is 1.